The second kappa shape index (κ2) is 32.4. The number of aromatic nitrogens is 5. The maximum absolute atomic E-state index is 9.57. The van der Waals surface area contributed by atoms with Crippen molar-refractivity contribution in [1.82, 2.24) is 44.9 Å². The number of fused-ring (bicyclic) bond motifs is 5. The lowest BCUT2D eigenvalue weighted by Gasteiger charge is -2.18. The van der Waals surface area contributed by atoms with Crippen molar-refractivity contribution in [3.05, 3.63) is 175 Å². The van der Waals surface area contributed by atoms with E-state index >= 15 is 0 Å². The number of nitrogens with one attached hydrogen (secondary N) is 6. The summed E-state index contributed by atoms with van der Waals surface area (Å²) in [6, 6.07) is 29.8. The Kier molecular flexibility index (Phi) is 24.9. The van der Waals surface area contributed by atoms with Crippen LogP contribution in [0.25, 0.3) is 54.5 Å². The zero-order chi connectivity index (χ0) is 58.1. The number of aromatic amines is 5. The van der Waals surface area contributed by atoms with Crippen molar-refractivity contribution in [2.45, 2.75) is 39.0 Å². The molecule has 15 nitrogen and oxygen atoms in total. The van der Waals surface area contributed by atoms with Crippen LogP contribution in [0.5, 0.6) is 28.7 Å². The topological polar surface area (TPSA) is 184 Å². The molecular formula is C66H88N10O5. The number of hydrogen-bond acceptors (Lipinski definition) is 10. The first kappa shape index (κ1) is 62.3. The van der Waals surface area contributed by atoms with Gasteiger partial charge in [0.15, 0.2) is 0 Å². The van der Waals surface area contributed by atoms with Crippen molar-refractivity contribution < 1.29 is 24.1 Å². The van der Waals surface area contributed by atoms with Crippen molar-refractivity contribution in [2.75, 3.05) is 109 Å². The third-order valence-electron chi connectivity index (χ3n) is 14.3. The largest absolute Gasteiger partial charge is 0.508 e. The normalized spacial score (nSPS) is 11.0. The first-order valence-electron chi connectivity index (χ1n) is 27.9. The van der Waals surface area contributed by atoms with Gasteiger partial charge in [-0.1, -0.05) is 19.1 Å². The summed E-state index contributed by atoms with van der Waals surface area (Å²) in [6.07, 6.45) is 19.1. The van der Waals surface area contributed by atoms with Crippen molar-refractivity contribution in [1.29, 1.82) is 0 Å². The van der Waals surface area contributed by atoms with Gasteiger partial charge in [0.1, 0.15) is 28.7 Å². The number of hydrogen-bond donors (Lipinski definition) is 8. The fraction of sp³-hybridized carbons (Fsp3) is 0.333. The fourth-order valence-corrected chi connectivity index (χ4v) is 9.47. The average molecular weight is 1100 g/mol. The minimum atomic E-state index is 0.308. The molecule has 5 aromatic carbocycles. The van der Waals surface area contributed by atoms with Gasteiger partial charge in [-0.15, -0.1) is 13.2 Å². The number of nitrogens with zero attached hydrogens (tertiary/aromatic N) is 3. The summed E-state index contributed by atoms with van der Waals surface area (Å²) >= 11 is 0. The molecule has 0 saturated heterocycles. The van der Waals surface area contributed by atoms with Crippen LogP contribution < -0.4 is 30.0 Å². The predicted molar refractivity (Wildman–Crippen MR) is 339 cm³/mol. The number of aromatic hydroxyl groups is 1. The molecule has 15 heteroatoms. The Balaban J connectivity index is 0.000000164. The van der Waals surface area contributed by atoms with E-state index in [-0.39, 0.29) is 0 Å². The highest BCUT2D eigenvalue weighted by molar-refractivity contribution is 5.87. The van der Waals surface area contributed by atoms with Crippen LogP contribution in [-0.2, 0) is 32.1 Å². The van der Waals surface area contributed by atoms with E-state index in [1.165, 1.54) is 65.9 Å². The van der Waals surface area contributed by atoms with Gasteiger partial charge in [-0.3, -0.25) is 4.90 Å². The summed E-state index contributed by atoms with van der Waals surface area (Å²) in [5, 5.41) is 18.8. The smallest absolute Gasteiger partial charge is 0.119 e. The number of rotatable bonds is 23. The van der Waals surface area contributed by atoms with E-state index in [9.17, 15) is 5.11 Å². The van der Waals surface area contributed by atoms with Gasteiger partial charge in [0.05, 0.1) is 28.4 Å². The van der Waals surface area contributed by atoms with E-state index in [0.29, 0.717) is 12.3 Å². The molecule has 0 aliphatic carbocycles. The Hall–Kier alpha value is -7.92. The number of likely N-dealkylation sites (N-methyl/N-ethyl adjacent to an activating group) is 3. The second-order valence-corrected chi connectivity index (χ2v) is 20.1. The van der Waals surface area contributed by atoms with Gasteiger partial charge in [-0.05, 0) is 199 Å². The molecule has 432 valence electrons. The van der Waals surface area contributed by atoms with E-state index in [1.807, 2.05) is 80.1 Å². The molecule has 0 atom stereocenters. The molecule has 0 unspecified atom stereocenters. The van der Waals surface area contributed by atoms with Crippen molar-refractivity contribution in [3.8, 4) is 28.7 Å². The molecule has 0 aliphatic rings. The molecule has 10 rings (SSSR count). The number of ether oxygens (including phenoxy) is 4. The van der Waals surface area contributed by atoms with Crippen LogP contribution in [0.1, 0.15) is 34.7 Å². The Morgan fingerprint density at radius 1 is 0.494 bits per heavy atom. The van der Waals surface area contributed by atoms with Crippen molar-refractivity contribution in [2.24, 2.45) is 5.73 Å². The first-order valence-corrected chi connectivity index (χ1v) is 27.9. The van der Waals surface area contributed by atoms with Crippen LogP contribution in [-0.4, -0.2) is 154 Å². The summed E-state index contributed by atoms with van der Waals surface area (Å²) in [6.45, 7) is 17.3. The molecule has 0 saturated carbocycles. The van der Waals surface area contributed by atoms with Crippen molar-refractivity contribution >= 4 is 54.5 Å². The third kappa shape index (κ3) is 18.0. The zero-order valence-electron chi connectivity index (χ0n) is 49.3. The Labute approximate surface area is 479 Å². The van der Waals surface area contributed by atoms with Crippen LogP contribution in [0, 0.1) is 0 Å². The summed E-state index contributed by atoms with van der Waals surface area (Å²) in [7, 11) is 15.1. The molecule has 0 spiro atoms. The van der Waals surface area contributed by atoms with E-state index in [4.69, 9.17) is 24.7 Å². The predicted octanol–water partition coefficient (Wildman–Crippen LogP) is 11.7. The molecule has 9 N–H and O–H groups in total. The summed E-state index contributed by atoms with van der Waals surface area (Å²) < 4.78 is 20.9. The highest BCUT2D eigenvalue weighted by atomic mass is 16.5. The molecule has 0 bridgehead atoms. The van der Waals surface area contributed by atoms with E-state index in [1.54, 1.807) is 34.5 Å². The number of phenolic OH excluding ortho intramolecular Hbond substituents is 1. The lowest BCUT2D eigenvalue weighted by Crippen LogP contribution is -2.26. The molecule has 0 aliphatic heterocycles. The molecule has 0 radical (unpaired) electrons. The SMILES string of the molecule is C=CCN(CC=C)CCc1c[nH]c2ccc(O)cc12.CCN(C)CCc1c[nH]c2ccc(OC)cc12.CNCCc1c[nH]c2ccc(OC)cc12.COc1ccc2[nH]cc(CCN(C)C)c2c1.COc1ccc2[nH]cc(CCN)c2c1. The van der Waals surface area contributed by atoms with Crippen LogP contribution in [0.3, 0.4) is 0 Å². The van der Waals surface area contributed by atoms with Crippen LogP contribution in [0.15, 0.2) is 147 Å². The lowest BCUT2D eigenvalue weighted by atomic mass is 10.1. The Bertz CT molecular complexity index is 3460. The lowest BCUT2D eigenvalue weighted by molar-refractivity contribution is 0.340. The first-order chi connectivity index (χ1) is 39.4. The fourth-order valence-electron chi connectivity index (χ4n) is 9.47. The Morgan fingerprint density at radius 3 is 1.19 bits per heavy atom. The van der Waals surface area contributed by atoms with Gasteiger partial charge in [0, 0.05) is 118 Å². The molecule has 5 aromatic heterocycles. The van der Waals surface area contributed by atoms with Crippen LogP contribution in [0.4, 0.5) is 0 Å². The highest BCUT2D eigenvalue weighted by Crippen LogP contribution is 2.28. The van der Waals surface area contributed by atoms with E-state index in [0.717, 1.165) is 117 Å². The maximum atomic E-state index is 9.57. The molecule has 10 aromatic rings. The molecule has 81 heavy (non-hydrogen) atoms. The van der Waals surface area contributed by atoms with Crippen LogP contribution >= 0.6 is 0 Å². The highest BCUT2D eigenvalue weighted by Gasteiger charge is 2.10. The van der Waals surface area contributed by atoms with Gasteiger partial charge in [0.2, 0.25) is 0 Å². The molecule has 0 amide bonds. The quantitative estimate of drug-likeness (QED) is 0.0287. The second-order valence-electron chi connectivity index (χ2n) is 20.1. The maximum Gasteiger partial charge on any atom is 0.119 e. The molecule has 0 fully saturated rings. The van der Waals surface area contributed by atoms with Crippen LogP contribution in [0.2, 0.25) is 0 Å². The van der Waals surface area contributed by atoms with Crippen molar-refractivity contribution in [3.63, 3.8) is 0 Å². The van der Waals surface area contributed by atoms with E-state index in [2.05, 4.69) is 141 Å². The minimum Gasteiger partial charge on any atom is -0.508 e. The summed E-state index contributed by atoms with van der Waals surface area (Å²) in [4.78, 5) is 23.1. The summed E-state index contributed by atoms with van der Waals surface area (Å²) in [5.74, 6) is 3.94. The number of benzene rings is 5. The van der Waals surface area contributed by atoms with Gasteiger partial charge in [-0.2, -0.15) is 0 Å². The van der Waals surface area contributed by atoms with Gasteiger partial charge >= 0.3 is 0 Å². The van der Waals surface area contributed by atoms with Gasteiger partial charge < -0.3 is 69.8 Å². The number of nitrogens with two attached hydrogens (primary N) is 1. The number of phenols is 1. The number of methoxy groups -OCH3 is 4. The average Bonchev–Trinajstić information content (AvgIpc) is 4.43. The monoisotopic (exact) mass is 1100 g/mol. The van der Waals surface area contributed by atoms with E-state index < -0.39 is 0 Å². The van der Waals surface area contributed by atoms with Gasteiger partial charge in [0.25, 0.3) is 0 Å². The zero-order valence-corrected chi connectivity index (χ0v) is 49.3. The minimum absolute atomic E-state index is 0.308. The van der Waals surface area contributed by atoms with Gasteiger partial charge in [-0.25, -0.2) is 0 Å². The standard InChI is InChI=1S/C16H20N2O.C14H20N2O.C13H18N2O.C12H16N2O.C11H14N2O/c1-3-8-18(9-4-2)10-7-13-12-17-16-6-5-14(19)11-15(13)16;1-4-16(2)8-7-11-10-15-14-6-5-12(17-3)9-13(11)14;1-15(2)7-6-10-9-14-13-5-4-11(16-3)8-12(10)13;1-13-6-5-9-8-14-12-4-3-10(15-2)7-11(9)12;1-14-9-2-3-11-10(6-9)8(4-5-12)7-13-11/h3-6,11-12,17,19H,1-2,7-10H2;5-6,9-10,15H,4,7-8H2,1-3H3;4-5,8-9,14H,6-7H2,1-3H3;3-4,7-8,13-14H,5-6H2,1-2H3;2-3,6-7,13H,4-5,12H2,1H3. The third-order valence-corrected chi connectivity index (χ3v) is 14.3. The molecule has 5 heterocycles. The number of H-pyrrole nitrogens is 5. The summed E-state index contributed by atoms with van der Waals surface area (Å²) in [5.41, 5.74) is 17.8. The Morgan fingerprint density at radius 2 is 0.840 bits per heavy atom. The molecular weight excluding hydrogens is 1010 g/mol.